The monoisotopic (exact) mass is 259 g/mol. The van der Waals surface area contributed by atoms with Gasteiger partial charge in [0.05, 0.1) is 0 Å². The van der Waals surface area contributed by atoms with E-state index in [2.05, 4.69) is 29.6 Å². The van der Waals surface area contributed by atoms with Crippen molar-refractivity contribution in [3.63, 3.8) is 0 Å². The molecule has 0 spiro atoms. The molecule has 0 aromatic heterocycles. The molecule has 0 bridgehead atoms. The average Bonchev–Trinajstić information content (AvgIpc) is 2.70. The van der Waals surface area contributed by atoms with Gasteiger partial charge in [-0.15, -0.1) is 0 Å². The van der Waals surface area contributed by atoms with Crippen LogP contribution in [-0.2, 0) is 12.8 Å². The molecule has 2 aliphatic rings. The molecule has 0 radical (unpaired) electrons. The average molecular weight is 259 g/mol. The van der Waals surface area contributed by atoms with Crippen molar-refractivity contribution in [1.29, 1.82) is 0 Å². The number of nitrogens with one attached hydrogen (secondary N) is 1. The highest BCUT2D eigenvalue weighted by molar-refractivity contribution is 5.33. The van der Waals surface area contributed by atoms with Crippen molar-refractivity contribution in [3.8, 4) is 0 Å². The second-order valence-corrected chi connectivity index (χ2v) is 6.23. The summed E-state index contributed by atoms with van der Waals surface area (Å²) in [6.07, 6.45) is 8.67. The summed E-state index contributed by atoms with van der Waals surface area (Å²) in [4.78, 5) is 0. The second kappa shape index (κ2) is 6.06. The van der Waals surface area contributed by atoms with E-state index in [0.29, 0.717) is 24.6 Å². The molecule has 2 atom stereocenters. The third-order valence-corrected chi connectivity index (χ3v) is 4.89. The molecule has 19 heavy (non-hydrogen) atoms. The summed E-state index contributed by atoms with van der Waals surface area (Å²) in [7, 11) is 0. The van der Waals surface area contributed by atoms with Gasteiger partial charge >= 0.3 is 0 Å². The van der Waals surface area contributed by atoms with Crippen LogP contribution in [0, 0.1) is 5.92 Å². The lowest BCUT2D eigenvalue weighted by atomic mass is 9.94. The first-order chi connectivity index (χ1) is 9.36. The molecule has 1 saturated carbocycles. The van der Waals surface area contributed by atoms with Crippen LogP contribution in [0.5, 0.6) is 0 Å². The zero-order valence-corrected chi connectivity index (χ0v) is 11.6. The van der Waals surface area contributed by atoms with Crippen LogP contribution in [0.3, 0.4) is 0 Å². The summed E-state index contributed by atoms with van der Waals surface area (Å²) in [6, 6.07) is 9.90. The van der Waals surface area contributed by atoms with Crippen LogP contribution in [0.1, 0.15) is 43.2 Å². The van der Waals surface area contributed by atoms with Gasteiger partial charge in [0.25, 0.3) is 0 Å². The molecule has 2 unspecified atom stereocenters. The Hall–Kier alpha value is -0.860. The van der Waals surface area contributed by atoms with E-state index < -0.39 is 0 Å². The second-order valence-electron chi connectivity index (χ2n) is 6.23. The molecule has 2 aliphatic carbocycles. The maximum Gasteiger partial charge on any atom is 0.0474 e. The Bertz CT molecular complexity index is 392. The Morgan fingerprint density at radius 1 is 1.00 bits per heavy atom. The molecule has 0 heterocycles. The molecule has 2 nitrogen and oxygen atoms in total. The van der Waals surface area contributed by atoms with Crippen molar-refractivity contribution in [3.05, 3.63) is 35.4 Å². The molecular weight excluding hydrogens is 234 g/mol. The van der Waals surface area contributed by atoms with Crippen molar-refractivity contribution in [2.75, 3.05) is 6.61 Å². The summed E-state index contributed by atoms with van der Waals surface area (Å²) < 4.78 is 0. The van der Waals surface area contributed by atoms with E-state index in [-0.39, 0.29) is 0 Å². The molecule has 0 amide bonds. The van der Waals surface area contributed by atoms with Gasteiger partial charge in [-0.2, -0.15) is 0 Å². The van der Waals surface area contributed by atoms with E-state index >= 15 is 0 Å². The smallest absolute Gasteiger partial charge is 0.0474 e. The number of hydrogen-bond acceptors (Lipinski definition) is 2. The Kier molecular flexibility index (Phi) is 4.19. The first kappa shape index (κ1) is 13.1. The number of fused-ring (bicyclic) bond motifs is 1. The Labute approximate surface area is 116 Å². The minimum absolute atomic E-state index is 0.345. The van der Waals surface area contributed by atoms with Crippen LogP contribution >= 0.6 is 0 Å². The Balaban J connectivity index is 1.62. The lowest BCUT2D eigenvalue weighted by molar-refractivity contribution is 0.175. The first-order valence-corrected chi connectivity index (χ1v) is 7.80. The fourth-order valence-corrected chi connectivity index (χ4v) is 3.80. The molecule has 3 rings (SSSR count). The van der Waals surface area contributed by atoms with Gasteiger partial charge in [0.15, 0.2) is 0 Å². The van der Waals surface area contributed by atoms with E-state index in [1.54, 1.807) is 0 Å². The van der Waals surface area contributed by atoms with Crippen molar-refractivity contribution in [2.45, 2.75) is 57.0 Å². The third kappa shape index (κ3) is 3.01. The standard InChI is InChI=1S/C17H25NO/c19-12-15-8-2-1-3-9-17(15)18-16-10-13-6-4-5-7-14(13)11-16/h4-7,15-19H,1-3,8-12H2. The third-order valence-electron chi connectivity index (χ3n) is 4.89. The zero-order valence-electron chi connectivity index (χ0n) is 11.6. The maximum absolute atomic E-state index is 9.59. The molecule has 0 aliphatic heterocycles. The minimum Gasteiger partial charge on any atom is -0.396 e. The zero-order chi connectivity index (χ0) is 13.1. The molecule has 104 valence electrons. The topological polar surface area (TPSA) is 32.3 Å². The number of benzene rings is 1. The van der Waals surface area contributed by atoms with Crippen molar-refractivity contribution in [2.24, 2.45) is 5.92 Å². The van der Waals surface area contributed by atoms with Gasteiger partial charge in [0.2, 0.25) is 0 Å². The number of aliphatic hydroxyl groups is 1. The normalized spacial score (nSPS) is 28.1. The van der Waals surface area contributed by atoms with E-state index in [4.69, 9.17) is 0 Å². The fraction of sp³-hybridized carbons (Fsp3) is 0.647. The van der Waals surface area contributed by atoms with Gasteiger partial charge in [-0.1, -0.05) is 43.5 Å². The van der Waals surface area contributed by atoms with Gasteiger partial charge < -0.3 is 10.4 Å². The molecule has 1 aromatic carbocycles. The van der Waals surface area contributed by atoms with Gasteiger partial charge in [-0.05, 0) is 42.7 Å². The largest absolute Gasteiger partial charge is 0.396 e. The first-order valence-electron chi connectivity index (χ1n) is 7.80. The van der Waals surface area contributed by atoms with Crippen LogP contribution in [-0.4, -0.2) is 23.8 Å². The number of rotatable bonds is 3. The summed E-state index contributed by atoms with van der Waals surface area (Å²) in [5.41, 5.74) is 3.02. The highest BCUT2D eigenvalue weighted by atomic mass is 16.3. The number of hydrogen-bond donors (Lipinski definition) is 2. The summed E-state index contributed by atoms with van der Waals surface area (Å²) in [5.74, 6) is 0.464. The summed E-state index contributed by atoms with van der Waals surface area (Å²) >= 11 is 0. The lowest BCUT2D eigenvalue weighted by Gasteiger charge is -2.28. The lowest BCUT2D eigenvalue weighted by Crippen LogP contribution is -2.44. The molecule has 0 saturated heterocycles. The van der Waals surface area contributed by atoms with Crippen LogP contribution in [0.2, 0.25) is 0 Å². The van der Waals surface area contributed by atoms with Gasteiger partial charge in [-0.25, -0.2) is 0 Å². The summed E-state index contributed by atoms with van der Waals surface area (Å²) in [5, 5.41) is 13.4. The summed E-state index contributed by atoms with van der Waals surface area (Å²) in [6.45, 7) is 0.345. The Morgan fingerprint density at radius 2 is 1.68 bits per heavy atom. The minimum atomic E-state index is 0.345. The van der Waals surface area contributed by atoms with Crippen molar-refractivity contribution in [1.82, 2.24) is 5.32 Å². The number of aliphatic hydroxyl groups excluding tert-OH is 1. The highest BCUT2D eigenvalue weighted by Gasteiger charge is 2.28. The molecule has 1 fully saturated rings. The predicted octanol–water partition coefficient (Wildman–Crippen LogP) is 2.68. The highest BCUT2D eigenvalue weighted by Crippen LogP contribution is 2.27. The van der Waals surface area contributed by atoms with E-state index in [0.717, 1.165) is 12.8 Å². The van der Waals surface area contributed by atoms with Crippen molar-refractivity contribution < 1.29 is 5.11 Å². The van der Waals surface area contributed by atoms with Crippen molar-refractivity contribution >= 4 is 0 Å². The predicted molar refractivity (Wildman–Crippen MR) is 78.2 cm³/mol. The molecular formula is C17H25NO. The fourth-order valence-electron chi connectivity index (χ4n) is 3.80. The SMILES string of the molecule is OCC1CCCCCC1NC1Cc2ccccc2C1. The van der Waals surface area contributed by atoms with E-state index in [9.17, 15) is 5.11 Å². The van der Waals surface area contributed by atoms with Crippen LogP contribution in [0.25, 0.3) is 0 Å². The van der Waals surface area contributed by atoms with Gasteiger partial charge in [-0.3, -0.25) is 0 Å². The van der Waals surface area contributed by atoms with E-state index in [1.165, 1.54) is 43.2 Å². The van der Waals surface area contributed by atoms with Crippen LogP contribution < -0.4 is 5.32 Å². The van der Waals surface area contributed by atoms with E-state index in [1.807, 2.05) is 0 Å². The van der Waals surface area contributed by atoms with Crippen LogP contribution in [0.15, 0.2) is 24.3 Å². The molecule has 2 heteroatoms. The van der Waals surface area contributed by atoms with Gasteiger partial charge in [0, 0.05) is 18.7 Å². The maximum atomic E-state index is 9.59. The molecule has 2 N–H and O–H groups in total. The Morgan fingerprint density at radius 3 is 2.37 bits per heavy atom. The van der Waals surface area contributed by atoms with Crippen LogP contribution in [0.4, 0.5) is 0 Å². The van der Waals surface area contributed by atoms with Gasteiger partial charge in [0.1, 0.15) is 0 Å². The molecule has 1 aromatic rings. The quantitative estimate of drug-likeness (QED) is 0.818.